The van der Waals surface area contributed by atoms with Gasteiger partial charge in [0.15, 0.2) is 5.69 Å². The molecule has 0 amide bonds. The fourth-order valence-electron chi connectivity index (χ4n) is 5.12. The highest BCUT2D eigenvalue weighted by molar-refractivity contribution is 6.32. The van der Waals surface area contributed by atoms with Crippen LogP contribution in [0, 0.1) is 0 Å². The average Bonchev–Trinajstić information content (AvgIpc) is 3.69. The van der Waals surface area contributed by atoms with Crippen molar-refractivity contribution in [3.05, 3.63) is 89.7 Å². The van der Waals surface area contributed by atoms with Gasteiger partial charge in [-0.1, -0.05) is 48.0 Å². The van der Waals surface area contributed by atoms with Gasteiger partial charge in [-0.25, -0.2) is 14.6 Å². The zero-order chi connectivity index (χ0) is 32.1. The predicted octanol–water partition coefficient (Wildman–Crippen LogP) is 5.11. The summed E-state index contributed by atoms with van der Waals surface area (Å²) in [7, 11) is 0. The van der Waals surface area contributed by atoms with Gasteiger partial charge in [0.2, 0.25) is 5.95 Å². The van der Waals surface area contributed by atoms with Gasteiger partial charge in [-0.3, -0.25) is 9.58 Å². The van der Waals surface area contributed by atoms with Crippen molar-refractivity contribution in [3.8, 4) is 16.9 Å². The molecule has 0 spiro atoms. The van der Waals surface area contributed by atoms with E-state index < -0.39 is 11.9 Å². The third kappa shape index (κ3) is 7.97. The van der Waals surface area contributed by atoms with Gasteiger partial charge >= 0.3 is 6.18 Å². The van der Waals surface area contributed by atoms with Crippen molar-refractivity contribution in [1.82, 2.24) is 44.9 Å². The Kier molecular flexibility index (Phi) is 9.42. The number of hydrogen-bond donors (Lipinski definition) is 1. The molecule has 1 saturated heterocycles. The first kappa shape index (κ1) is 31.4. The van der Waals surface area contributed by atoms with E-state index in [4.69, 9.17) is 21.1 Å². The molecule has 2 atom stereocenters. The van der Waals surface area contributed by atoms with Crippen LogP contribution in [0.25, 0.3) is 11.1 Å². The maximum absolute atomic E-state index is 14.0. The van der Waals surface area contributed by atoms with Gasteiger partial charge in [0.1, 0.15) is 18.2 Å². The fourth-order valence-corrected chi connectivity index (χ4v) is 5.28. The SMILES string of the molecule is C[C@@H](Cn1cnnn1)Oc1cc(-c2cnc(Nc3cn(CC4CN(Cc5ccccc5)CCO4)nc3C(F)(F)F)nc2)ccc1Cl. The number of tetrazole rings is 1. The minimum atomic E-state index is -4.69. The van der Waals surface area contributed by atoms with Gasteiger partial charge in [-0.2, -0.15) is 18.3 Å². The van der Waals surface area contributed by atoms with E-state index in [2.05, 4.69) is 40.8 Å². The number of nitrogens with one attached hydrogen (secondary N) is 1. The minimum absolute atomic E-state index is 0.0164. The molecule has 0 aliphatic carbocycles. The molecule has 1 N–H and O–H groups in total. The molecule has 240 valence electrons. The van der Waals surface area contributed by atoms with E-state index in [0.29, 0.717) is 41.6 Å². The molecule has 1 aliphatic rings. The number of hydrogen-bond acceptors (Lipinski definition) is 10. The van der Waals surface area contributed by atoms with E-state index in [-0.39, 0.29) is 30.4 Å². The number of nitrogens with zero attached hydrogens (tertiary/aromatic N) is 9. The molecule has 5 aromatic rings. The van der Waals surface area contributed by atoms with E-state index in [1.54, 1.807) is 22.9 Å². The average molecular weight is 655 g/mol. The van der Waals surface area contributed by atoms with Crippen molar-refractivity contribution in [3.63, 3.8) is 0 Å². The Balaban J connectivity index is 1.12. The van der Waals surface area contributed by atoms with Crippen molar-refractivity contribution < 1.29 is 22.6 Å². The zero-order valence-electron chi connectivity index (χ0n) is 24.7. The van der Waals surface area contributed by atoms with Gasteiger partial charge in [-0.05, 0) is 40.6 Å². The molecule has 6 rings (SSSR count). The number of rotatable bonds is 11. The molecular formula is C30H30ClF3N10O2. The summed E-state index contributed by atoms with van der Waals surface area (Å²) in [6.07, 6.45) is 0.488. The summed E-state index contributed by atoms with van der Waals surface area (Å²) in [6.45, 7) is 4.95. The number of benzene rings is 2. The monoisotopic (exact) mass is 654 g/mol. The normalized spacial score (nSPS) is 16.3. The highest BCUT2D eigenvalue weighted by Crippen LogP contribution is 2.35. The molecule has 16 heteroatoms. The van der Waals surface area contributed by atoms with Crippen molar-refractivity contribution in [2.45, 2.75) is 44.9 Å². The van der Waals surface area contributed by atoms with E-state index >= 15 is 0 Å². The first-order valence-electron chi connectivity index (χ1n) is 14.5. The zero-order valence-corrected chi connectivity index (χ0v) is 25.4. The topological polar surface area (TPSA) is 121 Å². The summed E-state index contributed by atoms with van der Waals surface area (Å²) in [5.41, 5.74) is 1.17. The maximum atomic E-state index is 14.0. The third-order valence-corrected chi connectivity index (χ3v) is 7.53. The van der Waals surface area contributed by atoms with E-state index in [0.717, 1.165) is 18.7 Å². The quantitative estimate of drug-likeness (QED) is 0.206. The molecule has 0 bridgehead atoms. The lowest BCUT2D eigenvalue weighted by atomic mass is 10.1. The smallest absolute Gasteiger partial charge is 0.437 e. The largest absolute Gasteiger partial charge is 0.487 e. The maximum Gasteiger partial charge on any atom is 0.437 e. The lowest BCUT2D eigenvalue weighted by Gasteiger charge is -2.32. The standard InChI is InChI=1S/C30H30ClF3N10O2/c1-20(14-44-19-37-40-41-44)46-27-11-22(7-8-25(27)31)23-12-35-29(36-13-23)38-26-18-43(39-28(26)30(32,33)34)17-24-16-42(9-10-45-24)15-21-5-3-2-4-6-21/h2-8,11-13,18-20,24H,9-10,14-17H2,1H3,(H,35,36,38)/t20-,24?/m0/s1. The second-order valence-electron chi connectivity index (χ2n) is 10.9. The van der Waals surface area contributed by atoms with Crippen LogP contribution < -0.4 is 10.1 Å². The third-order valence-electron chi connectivity index (χ3n) is 7.22. The molecule has 0 saturated carbocycles. The van der Waals surface area contributed by atoms with Crippen molar-refractivity contribution in [2.75, 3.05) is 25.0 Å². The number of anilines is 2. The van der Waals surface area contributed by atoms with Crippen LogP contribution in [0.1, 0.15) is 18.2 Å². The van der Waals surface area contributed by atoms with Gasteiger partial charge < -0.3 is 14.8 Å². The molecule has 4 heterocycles. The van der Waals surface area contributed by atoms with E-state index in [1.807, 2.05) is 37.3 Å². The van der Waals surface area contributed by atoms with Gasteiger partial charge in [0, 0.05) is 43.8 Å². The molecule has 0 radical (unpaired) electrons. The van der Waals surface area contributed by atoms with Crippen LogP contribution in [0.3, 0.4) is 0 Å². The number of ether oxygens (including phenoxy) is 2. The summed E-state index contributed by atoms with van der Waals surface area (Å²) in [4.78, 5) is 10.7. The summed E-state index contributed by atoms with van der Waals surface area (Å²) < 4.78 is 56.6. The Labute approximate surface area is 267 Å². The molecule has 12 nitrogen and oxygen atoms in total. The number of alkyl halides is 3. The highest BCUT2D eigenvalue weighted by Gasteiger charge is 2.38. The van der Waals surface area contributed by atoms with Crippen LogP contribution in [-0.2, 0) is 30.5 Å². The first-order chi connectivity index (χ1) is 22.2. The van der Waals surface area contributed by atoms with E-state index in [9.17, 15) is 13.2 Å². The second-order valence-corrected chi connectivity index (χ2v) is 11.3. The summed E-state index contributed by atoms with van der Waals surface area (Å²) in [6, 6.07) is 15.2. The summed E-state index contributed by atoms with van der Waals surface area (Å²) in [5.74, 6) is 0.423. The lowest BCUT2D eigenvalue weighted by Crippen LogP contribution is -2.43. The Morgan fingerprint density at radius 3 is 2.63 bits per heavy atom. The molecular weight excluding hydrogens is 625 g/mol. The number of halogens is 4. The van der Waals surface area contributed by atoms with Gasteiger partial charge in [0.05, 0.1) is 36.5 Å². The van der Waals surface area contributed by atoms with Crippen LogP contribution in [-0.4, -0.2) is 76.8 Å². The van der Waals surface area contributed by atoms with Crippen LogP contribution in [0.4, 0.5) is 24.8 Å². The molecule has 2 aromatic carbocycles. The van der Waals surface area contributed by atoms with E-state index in [1.165, 1.54) is 29.6 Å². The van der Waals surface area contributed by atoms with Crippen molar-refractivity contribution in [2.24, 2.45) is 0 Å². The Bertz CT molecular complexity index is 1720. The van der Waals surface area contributed by atoms with Gasteiger partial charge in [-0.15, -0.1) is 5.10 Å². The molecule has 1 aliphatic heterocycles. The van der Waals surface area contributed by atoms with Crippen LogP contribution in [0.2, 0.25) is 5.02 Å². The molecule has 1 fully saturated rings. The van der Waals surface area contributed by atoms with Crippen LogP contribution in [0.5, 0.6) is 5.75 Å². The summed E-state index contributed by atoms with van der Waals surface area (Å²) in [5, 5.41) is 18.0. The van der Waals surface area contributed by atoms with Crippen LogP contribution in [0.15, 0.2) is 73.4 Å². The highest BCUT2D eigenvalue weighted by atomic mass is 35.5. The predicted molar refractivity (Wildman–Crippen MR) is 162 cm³/mol. The second kappa shape index (κ2) is 13.8. The number of aromatic nitrogens is 8. The summed E-state index contributed by atoms with van der Waals surface area (Å²) >= 11 is 6.36. The number of morpholine rings is 1. The Morgan fingerprint density at radius 2 is 1.89 bits per heavy atom. The Hall–Kier alpha value is -4.60. The first-order valence-corrected chi connectivity index (χ1v) is 14.9. The van der Waals surface area contributed by atoms with Crippen LogP contribution >= 0.6 is 11.6 Å². The Morgan fingerprint density at radius 1 is 1.09 bits per heavy atom. The minimum Gasteiger partial charge on any atom is -0.487 e. The van der Waals surface area contributed by atoms with Crippen molar-refractivity contribution in [1.29, 1.82) is 0 Å². The molecule has 1 unspecified atom stereocenters. The molecule has 3 aromatic heterocycles. The lowest BCUT2D eigenvalue weighted by molar-refractivity contribution is -0.141. The molecule has 46 heavy (non-hydrogen) atoms. The van der Waals surface area contributed by atoms with Crippen molar-refractivity contribution >= 4 is 23.2 Å². The van der Waals surface area contributed by atoms with Gasteiger partial charge in [0.25, 0.3) is 0 Å². The fraction of sp³-hybridized carbons (Fsp3) is 0.333.